The van der Waals surface area contributed by atoms with Gasteiger partial charge in [0, 0.05) is 134 Å². The molecule has 0 aliphatic carbocycles. The smallest absolute Gasteiger partial charge is 0.145 e. The lowest BCUT2D eigenvalue weighted by atomic mass is 10.0. The number of hydrogen-bond donors (Lipinski definition) is 0. The normalized spacial score (nSPS) is 11.6. The second-order valence-corrected chi connectivity index (χ2v) is 37.0. The predicted octanol–water partition coefficient (Wildman–Crippen LogP) is 35.2. The fourth-order valence-corrected chi connectivity index (χ4v) is 21.9. The predicted molar refractivity (Wildman–Crippen MR) is 602 cm³/mol. The quantitative estimate of drug-likeness (QED) is 0.109. The third-order valence-electron chi connectivity index (χ3n) is 28.7. The van der Waals surface area contributed by atoms with Crippen LogP contribution in [0.15, 0.2) is 540 Å². The highest BCUT2D eigenvalue weighted by atomic mass is 15.1. The number of hydrogen-bond acceptors (Lipinski definition) is 3. The van der Waals surface area contributed by atoms with Gasteiger partial charge in [-0.1, -0.05) is 358 Å². The van der Waals surface area contributed by atoms with Crippen molar-refractivity contribution in [2.24, 2.45) is 0 Å². The summed E-state index contributed by atoms with van der Waals surface area (Å²) in [7, 11) is 0. The van der Waals surface area contributed by atoms with Crippen molar-refractivity contribution in [1.29, 1.82) is 0 Å². The number of benzene rings is 20. The van der Waals surface area contributed by atoms with Gasteiger partial charge in [0.15, 0.2) is 0 Å². The zero-order chi connectivity index (χ0) is 95.1. The van der Waals surface area contributed by atoms with E-state index in [2.05, 4.69) is 549 Å². The molecule has 29 rings (SSSR count). The van der Waals surface area contributed by atoms with Crippen LogP contribution in [0, 0.1) is 0 Å². The van der Waals surface area contributed by atoms with Crippen molar-refractivity contribution in [2.75, 3.05) is 0 Å². The SMILES string of the molecule is c1ccc(-c2ccc(-n3c4ccccc4c4cc(-c5cnc6c(c5)c5ccccc5n6-c5ccc(-c6ccccc6)cc5)ccc43)cc2)cc1.c1ccc(-c2ccc(-n3c4ccccc4c4cc(-c5cnc6c(c5)c5ccccc5n6-c5cccc(-c6ccccc6)c5)ccc43)cc2)cc1.c1ccc(-c2cccc(-n3c4ccccc4c4cc(-c5ccc6c(c5)c5ccccc5n6-c5ccccc5)cnc43)c2)cc1. The van der Waals surface area contributed by atoms with Gasteiger partial charge in [0.05, 0.1) is 49.7 Å². The van der Waals surface area contributed by atoms with Gasteiger partial charge in [-0.05, 0) is 236 Å². The van der Waals surface area contributed by atoms with E-state index in [0.717, 1.165) is 111 Å². The molecule has 674 valence electrons. The Balaban J connectivity index is 0.000000108. The highest BCUT2D eigenvalue weighted by Crippen LogP contribution is 2.45. The maximum atomic E-state index is 5.16. The minimum atomic E-state index is 0.955. The molecule has 0 atom stereocenters. The van der Waals surface area contributed by atoms with Crippen LogP contribution in [0.1, 0.15) is 0 Å². The monoisotopic (exact) mass is 1840 g/mol. The molecule has 0 N–H and O–H groups in total. The van der Waals surface area contributed by atoms with Crippen LogP contribution in [0.25, 0.3) is 254 Å². The molecular weight excluding hydrogens is 1750 g/mol. The van der Waals surface area contributed by atoms with Gasteiger partial charge in [-0.2, -0.15) is 0 Å². The highest BCUT2D eigenvalue weighted by molar-refractivity contribution is 6.16. The molecule has 0 aliphatic heterocycles. The molecule has 0 radical (unpaired) electrons. The molecular formula is C135H89N9. The summed E-state index contributed by atoms with van der Waals surface area (Å²) in [5.74, 6) is 0. The van der Waals surface area contributed by atoms with E-state index in [9.17, 15) is 0 Å². The molecule has 9 heteroatoms. The first-order chi connectivity index (χ1) is 71.4. The fourth-order valence-electron chi connectivity index (χ4n) is 21.9. The maximum absolute atomic E-state index is 5.16. The Bertz CT molecular complexity index is 9770. The van der Waals surface area contributed by atoms with Crippen molar-refractivity contribution >= 4 is 131 Å². The molecule has 9 heterocycles. The van der Waals surface area contributed by atoms with Crippen LogP contribution in [0.3, 0.4) is 0 Å². The molecule has 9 nitrogen and oxygen atoms in total. The fraction of sp³-hybridized carbons (Fsp3) is 0. The van der Waals surface area contributed by atoms with E-state index < -0.39 is 0 Å². The van der Waals surface area contributed by atoms with E-state index in [1.165, 1.54) is 143 Å². The Labute approximate surface area is 831 Å². The lowest BCUT2D eigenvalue weighted by Gasteiger charge is -2.10. The van der Waals surface area contributed by atoms with E-state index in [1.807, 2.05) is 18.6 Å². The summed E-state index contributed by atoms with van der Waals surface area (Å²) in [6.07, 6.45) is 6.08. The number of aromatic nitrogens is 9. The second-order valence-electron chi connectivity index (χ2n) is 37.0. The lowest BCUT2D eigenvalue weighted by Crippen LogP contribution is -1.96. The Morgan fingerprint density at radius 1 is 0.104 bits per heavy atom. The van der Waals surface area contributed by atoms with Gasteiger partial charge in [0.25, 0.3) is 0 Å². The third kappa shape index (κ3) is 14.8. The summed E-state index contributed by atoms with van der Waals surface area (Å²) in [5, 5.41) is 14.4. The van der Waals surface area contributed by atoms with Crippen LogP contribution < -0.4 is 0 Å². The van der Waals surface area contributed by atoms with E-state index in [4.69, 9.17) is 15.0 Å². The summed E-state index contributed by atoms with van der Waals surface area (Å²) in [5.41, 5.74) is 39.1. The highest BCUT2D eigenvalue weighted by Gasteiger charge is 2.24. The van der Waals surface area contributed by atoms with Crippen molar-refractivity contribution in [3.63, 3.8) is 0 Å². The van der Waals surface area contributed by atoms with Gasteiger partial charge in [-0.3, -0.25) is 13.7 Å². The van der Waals surface area contributed by atoms with Gasteiger partial charge >= 0.3 is 0 Å². The summed E-state index contributed by atoms with van der Waals surface area (Å²) in [4.78, 5) is 15.4. The molecule has 0 fully saturated rings. The first kappa shape index (κ1) is 84.0. The topological polar surface area (TPSA) is 68.2 Å². The molecule has 0 spiro atoms. The molecule has 0 saturated carbocycles. The van der Waals surface area contributed by atoms with Gasteiger partial charge in [-0.15, -0.1) is 0 Å². The first-order valence-corrected chi connectivity index (χ1v) is 49.1. The van der Waals surface area contributed by atoms with Gasteiger partial charge in [0.2, 0.25) is 0 Å². The average molecular weight is 1840 g/mol. The summed E-state index contributed by atoms with van der Waals surface area (Å²) >= 11 is 0. The van der Waals surface area contributed by atoms with Crippen molar-refractivity contribution in [1.82, 2.24) is 42.4 Å². The number of nitrogens with zero attached hydrogens (tertiary/aromatic N) is 9. The summed E-state index contributed by atoms with van der Waals surface area (Å²) in [6, 6.07) is 187. The zero-order valence-corrected chi connectivity index (χ0v) is 78.4. The molecule has 144 heavy (non-hydrogen) atoms. The standard InChI is InChI=1S/2C47H31N3.C41H27N3/c1-3-12-32(13-4-1)34-22-25-38(26-23-34)49-44-20-9-7-18-40(44)42-29-36(24-27-46(42)49)37-30-43-41-19-8-10-21-45(41)50(47(43)48-31-37)39-17-11-16-35(28-39)33-14-5-2-6-15-33;1-3-11-32(12-4-1)34-19-24-38(25-20-34)49-44-17-9-7-15-40(44)42-29-36(23-28-46(42)49)37-30-43-41-16-8-10-18-45(41)50(47(43)48-31-37)39-26-21-35(22-27-39)33-13-5-2-6-14-33;1-3-12-28(13-4-1)29-14-11-17-33(24-29)44-39-21-10-8-19-35(39)37-26-31(27-42-41(37)44)30-22-23-40-36(25-30)34-18-7-9-20-38(34)43(40)32-15-5-2-6-16-32/h2*1-31H;1-27H. The molecule has 0 amide bonds. The minimum Gasteiger partial charge on any atom is -0.309 e. The molecule has 0 aliphatic rings. The molecule has 0 bridgehead atoms. The van der Waals surface area contributed by atoms with E-state index in [1.54, 1.807) is 0 Å². The van der Waals surface area contributed by atoms with E-state index in [-0.39, 0.29) is 0 Å². The van der Waals surface area contributed by atoms with Crippen LogP contribution in [0.4, 0.5) is 0 Å². The number of pyridine rings is 3. The zero-order valence-electron chi connectivity index (χ0n) is 78.4. The summed E-state index contributed by atoms with van der Waals surface area (Å²) in [6.45, 7) is 0. The second kappa shape index (κ2) is 35.6. The largest absolute Gasteiger partial charge is 0.309 e. The Kier molecular flexibility index (Phi) is 20.7. The third-order valence-corrected chi connectivity index (χ3v) is 28.7. The molecule has 29 aromatic rings. The first-order valence-electron chi connectivity index (χ1n) is 49.1. The minimum absolute atomic E-state index is 0.955. The molecule has 0 unspecified atom stereocenters. The number of fused-ring (bicyclic) bond motifs is 18. The van der Waals surface area contributed by atoms with E-state index >= 15 is 0 Å². The average Bonchev–Trinajstić information content (AvgIpc) is 1.59. The van der Waals surface area contributed by atoms with Crippen molar-refractivity contribution in [3.05, 3.63) is 540 Å². The van der Waals surface area contributed by atoms with E-state index in [0.29, 0.717) is 0 Å². The van der Waals surface area contributed by atoms with Crippen molar-refractivity contribution in [2.45, 2.75) is 0 Å². The van der Waals surface area contributed by atoms with Crippen LogP contribution in [0.5, 0.6) is 0 Å². The Hall–Kier alpha value is -19.4. The molecule has 0 saturated heterocycles. The molecule has 9 aromatic heterocycles. The molecule has 20 aromatic carbocycles. The maximum Gasteiger partial charge on any atom is 0.145 e. The van der Waals surface area contributed by atoms with Gasteiger partial charge in [-0.25, -0.2) is 15.0 Å². The van der Waals surface area contributed by atoms with Crippen molar-refractivity contribution in [3.8, 4) is 123 Å². The van der Waals surface area contributed by atoms with Gasteiger partial charge in [0.1, 0.15) is 16.9 Å². The Morgan fingerprint density at radius 2 is 0.285 bits per heavy atom. The Morgan fingerprint density at radius 3 is 0.576 bits per heavy atom. The number of para-hydroxylation sites is 7. The van der Waals surface area contributed by atoms with Crippen LogP contribution in [-0.2, 0) is 0 Å². The summed E-state index contributed by atoms with van der Waals surface area (Å²) < 4.78 is 14.0. The van der Waals surface area contributed by atoms with Crippen LogP contribution in [-0.4, -0.2) is 42.4 Å². The van der Waals surface area contributed by atoms with Gasteiger partial charge < -0.3 is 13.7 Å². The van der Waals surface area contributed by atoms with Crippen LogP contribution in [0.2, 0.25) is 0 Å². The lowest BCUT2D eigenvalue weighted by molar-refractivity contribution is 1.14. The number of rotatable bonds is 14. The van der Waals surface area contributed by atoms with Crippen LogP contribution >= 0.6 is 0 Å². The van der Waals surface area contributed by atoms with Crippen molar-refractivity contribution < 1.29 is 0 Å².